The lowest BCUT2D eigenvalue weighted by Gasteiger charge is -2.39. The molecule has 0 unspecified atom stereocenters. The van der Waals surface area contributed by atoms with Crippen LogP contribution in [0, 0.1) is 0 Å². The first-order chi connectivity index (χ1) is 11.4. The van der Waals surface area contributed by atoms with E-state index < -0.39 is 48.7 Å². The van der Waals surface area contributed by atoms with Crippen LogP contribution in [0.1, 0.15) is 0 Å². The van der Waals surface area contributed by atoms with Crippen LogP contribution in [0.2, 0.25) is 0 Å². The first kappa shape index (κ1) is 16.7. The van der Waals surface area contributed by atoms with E-state index in [4.69, 9.17) is 19.0 Å². The van der Waals surface area contributed by atoms with Crippen LogP contribution >= 0.6 is 0 Å². The summed E-state index contributed by atoms with van der Waals surface area (Å²) in [5.74, 6) is -0.650. The Bertz CT molecular complexity index is 784. The third kappa shape index (κ3) is 2.83. The Hall–Kier alpha value is -2.17. The van der Waals surface area contributed by atoms with Crippen molar-refractivity contribution in [3.63, 3.8) is 0 Å². The Morgan fingerprint density at radius 1 is 1.04 bits per heavy atom. The fraction of sp³-hybridized carbons (Fsp3) is 0.400. The van der Waals surface area contributed by atoms with Gasteiger partial charge >= 0.3 is 5.63 Å². The molecule has 3 rings (SSSR count). The van der Waals surface area contributed by atoms with Gasteiger partial charge in [0.2, 0.25) is 12.0 Å². The van der Waals surface area contributed by atoms with Gasteiger partial charge < -0.3 is 39.4 Å². The average molecular weight is 340 g/mol. The number of ether oxygens (including phenoxy) is 2. The van der Waals surface area contributed by atoms with E-state index >= 15 is 0 Å². The number of phenolic OH excluding ortho intramolecular Hbond substituents is 1. The first-order valence-electron chi connectivity index (χ1n) is 7.15. The van der Waals surface area contributed by atoms with Crippen molar-refractivity contribution in [2.45, 2.75) is 30.7 Å². The monoisotopic (exact) mass is 340 g/mol. The van der Waals surface area contributed by atoms with E-state index in [1.54, 1.807) is 0 Å². The summed E-state index contributed by atoms with van der Waals surface area (Å²) < 4.78 is 15.4. The molecule has 2 heterocycles. The molecular formula is C15H16O9. The predicted molar refractivity (Wildman–Crippen MR) is 78.5 cm³/mol. The summed E-state index contributed by atoms with van der Waals surface area (Å²) >= 11 is 0. The largest absolute Gasteiger partial charge is 0.502 e. The van der Waals surface area contributed by atoms with Crippen LogP contribution in [0.25, 0.3) is 11.0 Å². The molecule has 24 heavy (non-hydrogen) atoms. The minimum Gasteiger partial charge on any atom is -0.502 e. The molecule has 0 saturated carbocycles. The van der Waals surface area contributed by atoms with Crippen molar-refractivity contribution >= 4 is 11.0 Å². The lowest BCUT2D eigenvalue weighted by Crippen LogP contribution is -2.60. The van der Waals surface area contributed by atoms with Gasteiger partial charge in [0.25, 0.3) is 0 Å². The van der Waals surface area contributed by atoms with Gasteiger partial charge in [0.1, 0.15) is 24.4 Å². The van der Waals surface area contributed by atoms with Crippen molar-refractivity contribution in [2.24, 2.45) is 0 Å². The molecule has 0 amide bonds. The minimum absolute atomic E-state index is 0.107. The van der Waals surface area contributed by atoms with E-state index in [1.807, 2.05) is 0 Å². The molecule has 2 aromatic rings. The van der Waals surface area contributed by atoms with Gasteiger partial charge in [-0.15, -0.1) is 0 Å². The molecule has 1 aromatic heterocycles. The Morgan fingerprint density at radius 3 is 2.46 bits per heavy atom. The molecule has 1 aliphatic heterocycles. The molecule has 0 bridgehead atoms. The van der Waals surface area contributed by atoms with Gasteiger partial charge in [-0.3, -0.25) is 0 Å². The fourth-order valence-corrected chi connectivity index (χ4v) is 2.48. The summed E-state index contributed by atoms with van der Waals surface area (Å²) in [5.41, 5.74) is -0.771. The molecular weight excluding hydrogens is 324 g/mol. The van der Waals surface area contributed by atoms with Gasteiger partial charge in [0.15, 0.2) is 11.3 Å². The molecule has 1 aromatic carbocycles. The van der Waals surface area contributed by atoms with Crippen molar-refractivity contribution in [3.05, 3.63) is 34.7 Å². The Labute approximate surface area is 134 Å². The number of aromatic hydroxyl groups is 1. The Balaban J connectivity index is 1.91. The third-order valence-corrected chi connectivity index (χ3v) is 3.82. The van der Waals surface area contributed by atoms with Gasteiger partial charge in [-0.05, 0) is 18.2 Å². The van der Waals surface area contributed by atoms with E-state index in [9.17, 15) is 25.2 Å². The van der Waals surface area contributed by atoms with Crippen molar-refractivity contribution < 1.29 is 39.4 Å². The Kier molecular flexibility index (Phi) is 4.43. The smallest absolute Gasteiger partial charge is 0.336 e. The van der Waals surface area contributed by atoms with Crippen LogP contribution in [0.5, 0.6) is 11.5 Å². The lowest BCUT2D eigenvalue weighted by atomic mass is 9.99. The van der Waals surface area contributed by atoms with Crippen molar-refractivity contribution in [1.82, 2.24) is 0 Å². The highest BCUT2D eigenvalue weighted by Gasteiger charge is 2.45. The number of benzene rings is 1. The van der Waals surface area contributed by atoms with E-state index in [0.717, 1.165) is 0 Å². The van der Waals surface area contributed by atoms with E-state index in [2.05, 4.69) is 0 Å². The fourth-order valence-electron chi connectivity index (χ4n) is 2.48. The standard InChI is InChI=1S/C15H16O9/c16-5-8-10(18)12(20)13(21)15(23-8)22-7-3-1-6-2-4-9(17)24-14(6)11(7)19/h1-4,8,10,12-13,15-16,18-21H,5H2/t8-,10-,12+,13-,15+/m1/s1. The molecule has 130 valence electrons. The van der Waals surface area contributed by atoms with Crippen LogP contribution < -0.4 is 10.4 Å². The maximum Gasteiger partial charge on any atom is 0.336 e. The topological polar surface area (TPSA) is 150 Å². The normalized spacial score (nSPS) is 30.4. The van der Waals surface area contributed by atoms with Crippen molar-refractivity contribution in [1.29, 1.82) is 0 Å². The maximum absolute atomic E-state index is 11.3. The second kappa shape index (κ2) is 6.38. The SMILES string of the molecule is O=c1ccc2ccc(O[C@H]3O[C@H](CO)[C@@H](O)[C@H](O)[C@H]3O)c(O)c2o1. The highest BCUT2D eigenvalue weighted by atomic mass is 16.7. The number of aliphatic hydroxyl groups is 4. The number of aliphatic hydroxyl groups excluding tert-OH is 4. The van der Waals surface area contributed by atoms with Crippen LogP contribution in [-0.4, -0.2) is 62.8 Å². The van der Waals surface area contributed by atoms with Gasteiger partial charge in [-0.25, -0.2) is 4.79 Å². The summed E-state index contributed by atoms with van der Waals surface area (Å²) in [6.45, 7) is -0.608. The van der Waals surface area contributed by atoms with Crippen LogP contribution in [0.15, 0.2) is 33.5 Å². The van der Waals surface area contributed by atoms with Crippen molar-refractivity contribution in [2.75, 3.05) is 6.61 Å². The summed E-state index contributed by atoms with van der Waals surface area (Å²) in [6.07, 6.45) is -7.36. The van der Waals surface area contributed by atoms with Crippen LogP contribution in [0.4, 0.5) is 0 Å². The zero-order valence-electron chi connectivity index (χ0n) is 12.3. The second-order valence-electron chi connectivity index (χ2n) is 5.40. The summed E-state index contributed by atoms with van der Waals surface area (Å²) in [7, 11) is 0. The van der Waals surface area contributed by atoms with Gasteiger partial charge in [-0.1, -0.05) is 0 Å². The predicted octanol–water partition coefficient (Wildman–Crippen LogP) is -1.32. The summed E-state index contributed by atoms with van der Waals surface area (Å²) in [5, 5.41) is 49.2. The summed E-state index contributed by atoms with van der Waals surface area (Å²) in [4.78, 5) is 11.3. The quantitative estimate of drug-likeness (QED) is 0.429. The molecule has 1 aliphatic rings. The van der Waals surface area contributed by atoms with E-state index in [0.29, 0.717) is 5.39 Å². The van der Waals surface area contributed by atoms with Gasteiger partial charge in [-0.2, -0.15) is 0 Å². The zero-order chi connectivity index (χ0) is 17.4. The second-order valence-corrected chi connectivity index (χ2v) is 5.40. The molecule has 1 saturated heterocycles. The number of rotatable bonds is 3. The lowest BCUT2D eigenvalue weighted by molar-refractivity contribution is -0.277. The molecule has 0 spiro atoms. The zero-order valence-corrected chi connectivity index (χ0v) is 12.3. The first-order valence-corrected chi connectivity index (χ1v) is 7.15. The maximum atomic E-state index is 11.3. The van der Waals surface area contributed by atoms with Crippen molar-refractivity contribution in [3.8, 4) is 11.5 Å². The van der Waals surface area contributed by atoms with E-state index in [-0.39, 0.29) is 11.3 Å². The molecule has 9 nitrogen and oxygen atoms in total. The van der Waals surface area contributed by atoms with Gasteiger partial charge in [0, 0.05) is 11.5 Å². The number of phenols is 1. The highest BCUT2D eigenvalue weighted by molar-refractivity contribution is 5.84. The molecule has 5 N–H and O–H groups in total. The number of hydrogen-bond acceptors (Lipinski definition) is 9. The molecule has 5 atom stereocenters. The average Bonchev–Trinajstić information content (AvgIpc) is 2.58. The van der Waals surface area contributed by atoms with Crippen LogP contribution in [0.3, 0.4) is 0 Å². The molecule has 1 fully saturated rings. The number of hydrogen-bond donors (Lipinski definition) is 5. The summed E-state index contributed by atoms with van der Waals surface area (Å²) in [6, 6.07) is 5.52. The van der Waals surface area contributed by atoms with Gasteiger partial charge in [0.05, 0.1) is 6.61 Å². The third-order valence-electron chi connectivity index (χ3n) is 3.82. The Morgan fingerprint density at radius 2 is 1.75 bits per heavy atom. The molecule has 0 radical (unpaired) electrons. The molecule has 0 aliphatic carbocycles. The highest BCUT2D eigenvalue weighted by Crippen LogP contribution is 2.35. The minimum atomic E-state index is -1.62. The van der Waals surface area contributed by atoms with Crippen LogP contribution in [-0.2, 0) is 4.74 Å². The number of fused-ring (bicyclic) bond motifs is 1. The molecule has 9 heteroatoms. The van der Waals surface area contributed by atoms with E-state index in [1.165, 1.54) is 24.3 Å².